The second-order valence-corrected chi connectivity index (χ2v) is 6.55. The van der Waals surface area contributed by atoms with Gasteiger partial charge in [-0.25, -0.2) is 13.4 Å². The second-order valence-electron chi connectivity index (χ2n) is 3.64. The summed E-state index contributed by atoms with van der Waals surface area (Å²) in [5.74, 6) is 0.163. The van der Waals surface area contributed by atoms with E-state index in [1.54, 1.807) is 24.0 Å². The van der Waals surface area contributed by atoms with Gasteiger partial charge in [-0.15, -0.1) is 0 Å². The molecule has 0 radical (unpaired) electrons. The molecule has 1 aliphatic heterocycles. The number of anilines is 1. The van der Waals surface area contributed by atoms with E-state index in [1.807, 2.05) is 0 Å². The third-order valence-corrected chi connectivity index (χ3v) is 4.39. The van der Waals surface area contributed by atoms with Gasteiger partial charge in [-0.2, -0.15) is 0 Å². The van der Waals surface area contributed by atoms with Crippen LogP contribution in [0.4, 0.5) is 5.95 Å². The summed E-state index contributed by atoms with van der Waals surface area (Å²) in [6.07, 6.45) is 3.15. The fraction of sp³-hybridized carbons (Fsp3) is 0.500. The zero-order valence-electron chi connectivity index (χ0n) is 8.50. The Balaban J connectivity index is 2.28. The minimum Gasteiger partial charge on any atom is -0.320 e. The van der Waals surface area contributed by atoms with Crippen molar-refractivity contribution < 1.29 is 13.2 Å². The molecule has 0 aromatic carbocycles. The first-order valence-electron chi connectivity index (χ1n) is 4.61. The first-order valence-corrected chi connectivity index (χ1v) is 6.98. The van der Waals surface area contributed by atoms with Gasteiger partial charge in [0.2, 0.25) is 20.9 Å². The van der Waals surface area contributed by atoms with Gasteiger partial charge >= 0.3 is 0 Å². The normalized spacial score (nSPS) is 21.8. The molecule has 1 aliphatic rings. The summed E-state index contributed by atoms with van der Waals surface area (Å²) < 4.78 is 23.9. The summed E-state index contributed by atoms with van der Waals surface area (Å²) >= 11 is 0. The quantitative estimate of drug-likeness (QED) is 0.709. The minimum atomic E-state index is -3.70. The summed E-state index contributed by atoms with van der Waals surface area (Å²) in [6.45, 7) is 0.0650. The van der Waals surface area contributed by atoms with Crippen molar-refractivity contribution in [2.45, 2.75) is 11.7 Å². The highest BCUT2D eigenvalue weighted by atomic mass is 35.7. The molecule has 2 heterocycles. The summed E-state index contributed by atoms with van der Waals surface area (Å²) in [5, 5.41) is -0.849. The van der Waals surface area contributed by atoms with Crippen molar-refractivity contribution in [3.63, 3.8) is 0 Å². The van der Waals surface area contributed by atoms with E-state index in [9.17, 15) is 13.2 Å². The average molecular weight is 264 g/mol. The van der Waals surface area contributed by atoms with Crippen molar-refractivity contribution in [2.24, 2.45) is 7.05 Å². The van der Waals surface area contributed by atoms with Gasteiger partial charge in [0.15, 0.2) is 0 Å². The zero-order valence-corrected chi connectivity index (χ0v) is 10.1. The fourth-order valence-corrected chi connectivity index (χ4v) is 2.70. The molecule has 1 saturated heterocycles. The maximum atomic E-state index is 11.6. The number of hydrogen-bond acceptors (Lipinski definition) is 4. The lowest BCUT2D eigenvalue weighted by atomic mass is 10.4. The Morgan fingerprint density at radius 2 is 2.25 bits per heavy atom. The van der Waals surface area contributed by atoms with E-state index in [0.717, 1.165) is 0 Å². The fourth-order valence-electron chi connectivity index (χ4n) is 1.67. The molecule has 1 amide bonds. The number of imidazole rings is 1. The molecule has 1 fully saturated rings. The van der Waals surface area contributed by atoms with E-state index < -0.39 is 14.3 Å². The van der Waals surface area contributed by atoms with Gasteiger partial charge in [0.1, 0.15) is 5.25 Å². The number of nitrogens with zero attached hydrogens (tertiary/aromatic N) is 3. The van der Waals surface area contributed by atoms with Crippen LogP contribution < -0.4 is 4.90 Å². The number of hydrogen-bond donors (Lipinski definition) is 0. The highest BCUT2D eigenvalue weighted by Crippen LogP contribution is 2.24. The molecule has 1 unspecified atom stereocenters. The highest BCUT2D eigenvalue weighted by Gasteiger charge is 2.39. The van der Waals surface area contributed by atoms with Gasteiger partial charge in [0.05, 0.1) is 0 Å². The monoisotopic (exact) mass is 263 g/mol. The number of halogens is 1. The first kappa shape index (κ1) is 11.4. The number of amides is 1. The van der Waals surface area contributed by atoms with Crippen molar-refractivity contribution in [3.05, 3.63) is 12.4 Å². The van der Waals surface area contributed by atoms with Crippen LogP contribution in [0.2, 0.25) is 0 Å². The van der Waals surface area contributed by atoms with Gasteiger partial charge in [-0.1, -0.05) is 0 Å². The van der Waals surface area contributed by atoms with E-state index in [0.29, 0.717) is 5.95 Å². The Labute approximate surface area is 97.2 Å². The van der Waals surface area contributed by atoms with Crippen LogP contribution in [0.3, 0.4) is 0 Å². The van der Waals surface area contributed by atoms with Crippen LogP contribution in [0.1, 0.15) is 6.42 Å². The Kier molecular flexibility index (Phi) is 2.67. The molecule has 1 aromatic rings. The van der Waals surface area contributed by atoms with Crippen molar-refractivity contribution in [1.29, 1.82) is 0 Å². The minimum absolute atomic E-state index is 0.0650. The first-order chi connectivity index (χ1) is 7.39. The van der Waals surface area contributed by atoms with Crippen molar-refractivity contribution in [2.75, 3.05) is 11.4 Å². The zero-order chi connectivity index (χ0) is 11.9. The third-order valence-electron chi connectivity index (χ3n) is 2.52. The third kappa shape index (κ3) is 1.92. The van der Waals surface area contributed by atoms with Gasteiger partial charge < -0.3 is 4.57 Å². The molecule has 16 heavy (non-hydrogen) atoms. The Hall–Kier alpha value is -1.08. The van der Waals surface area contributed by atoms with E-state index in [2.05, 4.69) is 4.98 Å². The van der Waals surface area contributed by atoms with Crippen molar-refractivity contribution >= 4 is 31.6 Å². The molecule has 0 bridgehead atoms. The number of carbonyl (C=O) groups excluding carboxylic acids is 1. The van der Waals surface area contributed by atoms with Crippen molar-refractivity contribution in [3.8, 4) is 0 Å². The van der Waals surface area contributed by atoms with Crippen LogP contribution in [-0.2, 0) is 20.9 Å². The maximum absolute atomic E-state index is 11.6. The van der Waals surface area contributed by atoms with Crippen LogP contribution in [-0.4, -0.2) is 35.7 Å². The molecule has 1 atom stereocenters. The van der Waals surface area contributed by atoms with Crippen molar-refractivity contribution in [1.82, 2.24) is 9.55 Å². The summed E-state index contributed by atoms with van der Waals surface area (Å²) in [7, 11) is 3.27. The molecule has 8 heteroatoms. The van der Waals surface area contributed by atoms with E-state index >= 15 is 0 Å². The lowest BCUT2D eigenvalue weighted by Gasteiger charge is -2.14. The van der Waals surface area contributed by atoms with Crippen LogP contribution in [0.5, 0.6) is 0 Å². The van der Waals surface area contributed by atoms with Gasteiger partial charge in [-0.05, 0) is 0 Å². The predicted octanol–water partition coefficient (Wildman–Crippen LogP) is 0.0940. The smallest absolute Gasteiger partial charge is 0.237 e. The standard InChI is InChI=1S/C8H10ClN3O3S/c1-11-3-2-10-8(11)12-5-6(4-7(12)13)16(9,14)15/h2-3,6H,4-5H2,1H3. The van der Waals surface area contributed by atoms with Gasteiger partial charge in [0, 0.05) is 43.1 Å². The number of aryl methyl sites for hydroxylation is 1. The molecule has 2 rings (SSSR count). The van der Waals surface area contributed by atoms with E-state index in [4.69, 9.17) is 10.7 Å². The lowest BCUT2D eigenvalue weighted by Crippen LogP contribution is -2.29. The molecular formula is C8H10ClN3O3S. The van der Waals surface area contributed by atoms with Gasteiger partial charge in [-0.3, -0.25) is 9.69 Å². The number of carbonyl (C=O) groups is 1. The molecule has 0 N–H and O–H groups in total. The molecule has 6 nitrogen and oxygen atoms in total. The van der Waals surface area contributed by atoms with E-state index in [-0.39, 0.29) is 18.9 Å². The summed E-state index contributed by atoms with van der Waals surface area (Å²) in [6, 6.07) is 0. The summed E-state index contributed by atoms with van der Waals surface area (Å²) in [4.78, 5) is 17.0. The number of rotatable bonds is 2. The second kappa shape index (κ2) is 3.74. The van der Waals surface area contributed by atoms with Crippen LogP contribution in [0.25, 0.3) is 0 Å². The molecule has 0 aliphatic carbocycles. The highest BCUT2D eigenvalue weighted by molar-refractivity contribution is 8.14. The number of aromatic nitrogens is 2. The topological polar surface area (TPSA) is 72.3 Å². The molecule has 88 valence electrons. The molecule has 0 spiro atoms. The molecule has 0 saturated carbocycles. The van der Waals surface area contributed by atoms with Crippen LogP contribution >= 0.6 is 10.7 Å². The van der Waals surface area contributed by atoms with Gasteiger partial charge in [0.25, 0.3) is 0 Å². The predicted molar refractivity (Wildman–Crippen MR) is 58.7 cm³/mol. The SMILES string of the molecule is Cn1ccnc1N1CC(S(=O)(=O)Cl)CC1=O. The van der Waals surface area contributed by atoms with E-state index in [1.165, 1.54) is 4.90 Å². The molecular weight excluding hydrogens is 254 g/mol. The maximum Gasteiger partial charge on any atom is 0.237 e. The Morgan fingerprint density at radius 1 is 1.56 bits per heavy atom. The summed E-state index contributed by atoms with van der Waals surface area (Å²) in [5.41, 5.74) is 0. The van der Waals surface area contributed by atoms with Crippen LogP contribution in [0.15, 0.2) is 12.4 Å². The van der Waals surface area contributed by atoms with Crippen LogP contribution in [0, 0.1) is 0 Å². The largest absolute Gasteiger partial charge is 0.320 e. The lowest BCUT2D eigenvalue weighted by molar-refractivity contribution is -0.117. The Bertz CT molecular complexity index is 524. The Morgan fingerprint density at radius 3 is 2.69 bits per heavy atom. The average Bonchev–Trinajstić information content (AvgIpc) is 2.70. The molecule has 1 aromatic heterocycles.